The second kappa shape index (κ2) is 5.90. The van der Waals surface area contributed by atoms with E-state index in [-0.39, 0.29) is 5.38 Å². The van der Waals surface area contributed by atoms with Gasteiger partial charge in [0.25, 0.3) is 0 Å². The Hall–Kier alpha value is -0.500. The van der Waals surface area contributed by atoms with Crippen molar-refractivity contribution in [1.29, 1.82) is 0 Å². The predicted octanol–water partition coefficient (Wildman–Crippen LogP) is 5.68. The molecule has 90 valence electrons. The van der Waals surface area contributed by atoms with Crippen LogP contribution in [0.5, 0.6) is 0 Å². The van der Waals surface area contributed by atoms with Gasteiger partial charge in [0.1, 0.15) is 0 Å². The Morgan fingerprint density at radius 2 is 1.82 bits per heavy atom. The highest BCUT2D eigenvalue weighted by atomic mass is 35.5. The van der Waals surface area contributed by atoms with Gasteiger partial charge in [0.15, 0.2) is 0 Å². The Kier molecular flexibility index (Phi) is 4.49. The lowest BCUT2D eigenvalue weighted by atomic mass is 10.1. The summed E-state index contributed by atoms with van der Waals surface area (Å²) in [5.74, 6) is 0. The second-order valence-corrected chi connectivity index (χ2v) is 6.18. The Bertz CT molecular complexity index is 473. The molecule has 0 aliphatic heterocycles. The second-order valence-electron chi connectivity index (χ2n) is 4.00. The molecule has 0 nitrogen and oxygen atoms in total. The number of benzene rings is 1. The van der Waals surface area contributed by atoms with E-state index in [0.717, 1.165) is 21.2 Å². The third kappa shape index (κ3) is 3.25. The molecular weight excluding hydrogens is 271 g/mol. The van der Waals surface area contributed by atoms with E-state index in [4.69, 9.17) is 23.2 Å². The highest BCUT2D eigenvalue weighted by Crippen LogP contribution is 2.35. The summed E-state index contributed by atoms with van der Waals surface area (Å²) in [6.07, 6.45) is 2.29. The standard InChI is InChI=1S/C14H14Cl2S/c1-2-3-10-4-6-11(7-5-10)14(16)12-8-9-13(15)17-12/h4-9,14H,2-3H2,1H3. The molecule has 0 amide bonds. The van der Waals surface area contributed by atoms with Gasteiger partial charge in [-0.2, -0.15) is 0 Å². The molecule has 0 saturated heterocycles. The molecule has 0 spiro atoms. The Morgan fingerprint density at radius 1 is 1.12 bits per heavy atom. The van der Waals surface area contributed by atoms with E-state index in [1.165, 1.54) is 23.3 Å². The van der Waals surface area contributed by atoms with Crippen LogP contribution in [0.2, 0.25) is 4.34 Å². The van der Waals surface area contributed by atoms with Crippen LogP contribution in [0, 0.1) is 0 Å². The highest BCUT2D eigenvalue weighted by molar-refractivity contribution is 7.16. The summed E-state index contributed by atoms with van der Waals surface area (Å²) in [7, 11) is 0. The van der Waals surface area contributed by atoms with Crippen LogP contribution in [0.25, 0.3) is 0 Å². The van der Waals surface area contributed by atoms with Crippen molar-refractivity contribution in [2.75, 3.05) is 0 Å². The van der Waals surface area contributed by atoms with Gasteiger partial charge >= 0.3 is 0 Å². The van der Waals surface area contributed by atoms with Gasteiger partial charge < -0.3 is 0 Å². The van der Waals surface area contributed by atoms with Crippen molar-refractivity contribution in [3.63, 3.8) is 0 Å². The quantitative estimate of drug-likeness (QED) is 0.634. The van der Waals surface area contributed by atoms with Crippen LogP contribution < -0.4 is 0 Å². The summed E-state index contributed by atoms with van der Waals surface area (Å²) in [5.41, 5.74) is 2.49. The molecule has 0 aliphatic rings. The van der Waals surface area contributed by atoms with Crippen LogP contribution in [-0.2, 0) is 6.42 Å². The van der Waals surface area contributed by atoms with Gasteiger partial charge in [-0.15, -0.1) is 22.9 Å². The first-order chi connectivity index (χ1) is 8.20. The first-order valence-corrected chi connectivity index (χ1v) is 7.32. The van der Waals surface area contributed by atoms with Crippen molar-refractivity contribution in [2.45, 2.75) is 25.1 Å². The van der Waals surface area contributed by atoms with Gasteiger partial charge in [0.05, 0.1) is 9.71 Å². The maximum absolute atomic E-state index is 6.43. The minimum absolute atomic E-state index is 0.0943. The molecule has 1 aromatic carbocycles. The number of thiophene rings is 1. The van der Waals surface area contributed by atoms with Gasteiger partial charge in [0.2, 0.25) is 0 Å². The van der Waals surface area contributed by atoms with Crippen molar-refractivity contribution in [2.24, 2.45) is 0 Å². The predicted molar refractivity (Wildman–Crippen MR) is 77.5 cm³/mol. The highest BCUT2D eigenvalue weighted by Gasteiger charge is 2.12. The molecule has 17 heavy (non-hydrogen) atoms. The molecule has 1 unspecified atom stereocenters. The van der Waals surface area contributed by atoms with E-state index in [1.807, 2.05) is 12.1 Å². The largest absolute Gasteiger partial charge is 0.127 e. The van der Waals surface area contributed by atoms with Gasteiger partial charge in [-0.1, -0.05) is 49.2 Å². The van der Waals surface area contributed by atoms with Crippen molar-refractivity contribution in [3.05, 3.63) is 56.7 Å². The van der Waals surface area contributed by atoms with Gasteiger partial charge in [-0.3, -0.25) is 0 Å². The van der Waals surface area contributed by atoms with Crippen molar-refractivity contribution in [3.8, 4) is 0 Å². The number of hydrogen-bond donors (Lipinski definition) is 0. The zero-order valence-corrected chi connectivity index (χ0v) is 11.9. The molecule has 1 aromatic heterocycles. The molecule has 0 saturated carbocycles. The summed E-state index contributed by atoms with van der Waals surface area (Å²) in [6, 6.07) is 12.4. The van der Waals surface area contributed by atoms with Crippen molar-refractivity contribution < 1.29 is 0 Å². The third-order valence-electron chi connectivity index (χ3n) is 2.65. The lowest BCUT2D eigenvalue weighted by molar-refractivity contribution is 0.920. The molecule has 0 radical (unpaired) electrons. The lowest BCUT2D eigenvalue weighted by Gasteiger charge is -2.08. The van der Waals surface area contributed by atoms with Crippen LogP contribution in [0.15, 0.2) is 36.4 Å². The first kappa shape index (κ1) is 12.9. The zero-order chi connectivity index (χ0) is 12.3. The fourth-order valence-corrected chi connectivity index (χ4v) is 3.19. The number of hydrogen-bond acceptors (Lipinski definition) is 1. The Balaban J connectivity index is 2.16. The summed E-state index contributed by atoms with van der Waals surface area (Å²) >= 11 is 13.9. The molecular formula is C14H14Cl2S. The van der Waals surface area contributed by atoms with Gasteiger partial charge in [-0.25, -0.2) is 0 Å². The minimum atomic E-state index is -0.0943. The first-order valence-electron chi connectivity index (χ1n) is 5.69. The minimum Gasteiger partial charge on any atom is -0.127 e. The maximum atomic E-state index is 6.43. The zero-order valence-electron chi connectivity index (χ0n) is 9.62. The maximum Gasteiger partial charge on any atom is 0.0931 e. The average molecular weight is 285 g/mol. The van der Waals surface area contributed by atoms with Crippen molar-refractivity contribution in [1.82, 2.24) is 0 Å². The molecule has 3 heteroatoms. The van der Waals surface area contributed by atoms with E-state index in [9.17, 15) is 0 Å². The van der Waals surface area contributed by atoms with Crippen LogP contribution in [0.4, 0.5) is 0 Å². The fourth-order valence-electron chi connectivity index (χ4n) is 1.77. The topological polar surface area (TPSA) is 0 Å². The summed E-state index contributed by atoms with van der Waals surface area (Å²) in [6.45, 7) is 2.19. The molecule has 0 bridgehead atoms. The van der Waals surface area contributed by atoms with Crippen LogP contribution in [0.3, 0.4) is 0 Å². The van der Waals surface area contributed by atoms with E-state index in [2.05, 4.69) is 31.2 Å². The number of halogens is 2. The van der Waals surface area contributed by atoms with E-state index >= 15 is 0 Å². The molecule has 0 aliphatic carbocycles. The number of rotatable bonds is 4. The average Bonchev–Trinajstić information content (AvgIpc) is 2.76. The van der Waals surface area contributed by atoms with E-state index < -0.39 is 0 Å². The normalized spacial score (nSPS) is 12.6. The van der Waals surface area contributed by atoms with Crippen LogP contribution in [0.1, 0.15) is 34.7 Å². The SMILES string of the molecule is CCCc1ccc(C(Cl)c2ccc(Cl)s2)cc1. The Labute approximate surface area is 116 Å². The van der Waals surface area contributed by atoms with Gasteiger partial charge in [0, 0.05) is 4.88 Å². The summed E-state index contributed by atoms with van der Waals surface area (Å²) < 4.78 is 0.785. The van der Waals surface area contributed by atoms with Gasteiger partial charge in [-0.05, 0) is 29.7 Å². The summed E-state index contributed by atoms with van der Waals surface area (Å²) in [4.78, 5) is 1.10. The third-order valence-corrected chi connectivity index (χ3v) is 4.57. The van der Waals surface area contributed by atoms with Crippen molar-refractivity contribution >= 4 is 34.5 Å². The molecule has 1 heterocycles. The molecule has 1 atom stereocenters. The van der Waals surface area contributed by atoms with E-state index in [1.54, 1.807) is 0 Å². The number of alkyl halides is 1. The molecule has 0 N–H and O–H groups in total. The number of aryl methyl sites for hydroxylation is 1. The summed E-state index contributed by atoms with van der Waals surface area (Å²) in [5, 5.41) is -0.0943. The Morgan fingerprint density at radius 3 is 2.35 bits per heavy atom. The van der Waals surface area contributed by atoms with E-state index in [0.29, 0.717) is 0 Å². The molecule has 2 rings (SSSR count). The van der Waals surface area contributed by atoms with Crippen LogP contribution >= 0.6 is 34.5 Å². The lowest BCUT2D eigenvalue weighted by Crippen LogP contribution is -1.91. The fraction of sp³-hybridized carbons (Fsp3) is 0.286. The molecule has 0 fully saturated rings. The molecule has 2 aromatic rings. The monoisotopic (exact) mass is 284 g/mol. The smallest absolute Gasteiger partial charge is 0.0931 e. The van der Waals surface area contributed by atoms with Crippen LogP contribution in [-0.4, -0.2) is 0 Å².